The van der Waals surface area contributed by atoms with Gasteiger partial charge in [-0.25, -0.2) is 4.79 Å². The SMILES string of the molecule is O=C(Nc1ccc(Cl)cc1)NC(CO)Cc1ccc(OC(F)F)cc1. The van der Waals surface area contributed by atoms with Crippen LogP contribution in [-0.4, -0.2) is 30.4 Å². The summed E-state index contributed by atoms with van der Waals surface area (Å²) in [6.45, 7) is -3.15. The largest absolute Gasteiger partial charge is 0.435 e. The Kier molecular flexibility index (Phi) is 6.97. The van der Waals surface area contributed by atoms with E-state index in [9.17, 15) is 18.7 Å². The van der Waals surface area contributed by atoms with Crippen LogP contribution in [0.15, 0.2) is 48.5 Å². The number of hydrogen-bond acceptors (Lipinski definition) is 3. The molecule has 0 heterocycles. The van der Waals surface area contributed by atoms with Crippen molar-refractivity contribution in [3.8, 4) is 5.75 Å². The van der Waals surface area contributed by atoms with Gasteiger partial charge in [0.2, 0.25) is 0 Å². The number of urea groups is 1. The molecule has 2 amide bonds. The van der Waals surface area contributed by atoms with E-state index in [4.69, 9.17) is 11.6 Å². The van der Waals surface area contributed by atoms with Gasteiger partial charge in [-0.3, -0.25) is 0 Å². The Labute approximate surface area is 148 Å². The summed E-state index contributed by atoms with van der Waals surface area (Å²) in [7, 11) is 0. The number of amides is 2. The van der Waals surface area contributed by atoms with Gasteiger partial charge in [0.05, 0.1) is 12.6 Å². The highest BCUT2D eigenvalue weighted by Crippen LogP contribution is 2.16. The molecule has 0 spiro atoms. The van der Waals surface area contributed by atoms with Crippen molar-refractivity contribution in [1.29, 1.82) is 0 Å². The Morgan fingerprint density at radius 2 is 1.76 bits per heavy atom. The first-order chi connectivity index (χ1) is 12.0. The van der Waals surface area contributed by atoms with Crippen molar-refractivity contribution in [1.82, 2.24) is 5.32 Å². The number of aliphatic hydroxyl groups excluding tert-OH is 1. The van der Waals surface area contributed by atoms with Crippen molar-refractivity contribution >= 4 is 23.3 Å². The van der Waals surface area contributed by atoms with Gasteiger partial charge in [-0.05, 0) is 48.4 Å². The first-order valence-electron chi connectivity index (χ1n) is 7.44. The topological polar surface area (TPSA) is 70.6 Å². The molecule has 2 rings (SSSR count). The van der Waals surface area contributed by atoms with Crippen LogP contribution in [0.1, 0.15) is 5.56 Å². The molecule has 8 heteroatoms. The molecule has 2 aromatic rings. The Bertz CT molecular complexity index is 681. The molecule has 0 aliphatic heterocycles. The van der Waals surface area contributed by atoms with E-state index in [1.807, 2.05) is 0 Å². The summed E-state index contributed by atoms with van der Waals surface area (Å²) in [4.78, 5) is 12.0. The number of alkyl halides is 2. The molecule has 0 fully saturated rings. The number of rotatable bonds is 7. The van der Waals surface area contributed by atoms with Crippen LogP contribution >= 0.6 is 11.6 Å². The smallest absolute Gasteiger partial charge is 0.387 e. The van der Waals surface area contributed by atoms with Crippen LogP contribution in [0.25, 0.3) is 0 Å². The molecule has 0 aromatic heterocycles. The van der Waals surface area contributed by atoms with Gasteiger partial charge in [-0.15, -0.1) is 0 Å². The summed E-state index contributed by atoms with van der Waals surface area (Å²) in [5.74, 6) is 0.0488. The normalized spacial score (nSPS) is 11.9. The van der Waals surface area contributed by atoms with Gasteiger partial charge >= 0.3 is 12.6 Å². The van der Waals surface area contributed by atoms with Crippen LogP contribution in [0, 0.1) is 0 Å². The number of anilines is 1. The lowest BCUT2D eigenvalue weighted by Gasteiger charge is -2.17. The fourth-order valence-electron chi connectivity index (χ4n) is 2.14. The van der Waals surface area contributed by atoms with Gasteiger partial charge in [0.25, 0.3) is 0 Å². The zero-order valence-electron chi connectivity index (χ0n) is 13.1. The number of carbonyl (C=O) groups excluding carboxylic acids is 1. The second-order valence-corrected chi connectivity index (χ2v) is 5.65. The van der Waals surface area contributed by atoms with E-state index in [1.54, 1.807) is 36.4 Å². The van der Waals surface area contributed by atoms with Gasteiger partial charge in [0.15, 0.2) is 0 Å². The maximum Gasteiger partial charge on any atom is 0.387 e. The van der Waals surface area contributed by atoms with Gasteiger partial charge in [0, 0.05) is 10.7 Å². The van der Waals surface area contributed by atoms with Crippen LogP contribution < -0.4 is 15.4 Å². The lowest BCUT2D eigenvalue weighted by Crippen LogP contribution is -2.41. The third-order valence-electron chi connectivity index (χ3n) is 3.29. The van der Waals surface area contributed by atoms with E-state index < -0.39 is 18.7 Å². The first kappa shape index (κ1) is 19.0. The Morgan fingerprint density at radius 1 is 1.12 bits per heavy atom. The molecule has 1 unspecified atom stereocenters. The van der Waals surface area contributed by atoms with Crippen molar-refractivity contribution in [3.05, 3.63) is 59.1 Å². The van der Waals surface area contributed by atoms with E-state index in [0.717, 1.165) is 5.56 Å². The van der Waals surface area contributed by atoms with E-state index in [2.05, 4.69) is 15.4 Å². The van der Waals surface area contributed by atoms with Crippen LogP contribution in [-0.2, 0) is 6.42 Å². The van der Waals surface area contributed by atoms with Crippen molar-refractivity contribution in [2.24, 2.45) is 0 Å². The summed E-state index contributed by atoms with van der Waals surface area (Å²) < 4.78 is 28.5. The second kappa shape index (κ2) is 9.19. The monoisotopic (exact) mass is 370 g/mol. The summed E-state index contributed by atoms with van der Waals surface area (Å²) in [6.07, 6.45) is 0.333. The molecule has 1 atom stereocenters. The predicted molar refractivity (Wildman–Crippen MR) is 91.3 cm³/mol. The van der Waals surface area contributed by atoms with Crippen molar-refractivity contribution in [2.45, 2.75) is 19.1 Å². The second-order valence-electron chi connectivity index (χ2n) is 5.21. The third kappa shape index (κ3) is 6.56. The Balaban J connectivity index is 1.88. The Morgan fingerprint density at radius 3 is 2.32 bits per heavy atom. The average molecular weight is 371 g/mol. The molecule has 2 aromatic carbocycles. The lowest BCUT2D eigenvalue weighted by atomic mass is 10.1. The van der Waals surface area contributed by atoms with E-state index in [0.29, 0.717) is 17.1 Å². The minimum atomic E-state index is -2.88. The number of ether oxygens (including phenoxy) is 1. The summed E-state index contributed by atoms with van der Waals surface area (Å²) in [5.41, 5.74) is 1.32. The molecular weight excluding hydrogens is 354 g/mol. The maximum absolute atomic E-state index is 12.1. The molecule has 0 aliphatic rings. The molecule has 0 radical (unpaired) electrons. The van der Waals surface area contributed by atoms with Crippen molar-refractivity contribution in [3.63, 3.8) is 0 Å². The minimum absolute atomic E-state index is 0.0488. The maximum atomic E-state index is 12.1. The van der Waals surface area contributed by atoms with E-state index in [-0.39, 0.29) is 12.4 Å². The van der Waals surface area contributed by atoms with Crippen LogP contribution in [0.4, 0.5) is 19.3 Å². The minimum Gasteiger partial charge on any atom is -0.435 e. The molecule has 0 aliphatic carbocycles. The van der Waals surface area contributed by atoms with Crippen molar-refractivity contribution < 1.29 is 23.4 Å². The molecule has 25 heavy (non-hydrogen) atoms. The third-order valence-corrected chi connectivity index (χ3v) is 3.54. The van der Waals surface area contributed by atoms with Crippen molar-refractivity contribution in [2.75, 3.05) is 11.9 Å². The molecule has 0 saturated carbocycles. The standard InChI is InChI=1S/C17H17ClF2N2O3/c18-12-3-5-13(6-4-12)21-17(24)22-14(10-23)9-11-1-7-15(8-2-11)25-16(19)20/h1-8,14,16,23H,9-10H2,(H2,21,22,24). The number of nitrogens with one attached hydrogen (secondary N) is 2. The molecular formula is C17H17ClF2N2O3. The highest BCUT2D eigenvalue weighted by atomic mass is 35.5. The number of carbonyl (C=O) groups is 1. The number of hydrogen-bond donors (Lipinski definition) is 3. The number of halogens is 3. The first-order valence-corrected chi connectivity index (χ1v) is 7.82. The molecule has 0 saturated heterocycles. The zero-order valence-corrected chi connectivity index (χ0v) is 13.8. The van der Waals surface area contributed by atoms with Gasteiger partial charge < -0.3 is 20.5 Å². The van der Waals surface area contributed by atoms with Gasteiger partial charge in [0.1, 0.15) is 5.75 Å². The summed E-state index contributed by atoms with van der Waals surface area (Å²) in [5, 5.41) is 15.3. The number of benzene rings is 2. The highest BCUT2D eigenvalue weighted by molar-refractivity contribution is 6.30. The predicted octanol–water partition coefficient (Wildman–Crippen LogP) is 3.67. The molecule has 3 N–H and O–H groups in total. The van der Waals surface area contributed by atoms with E-state index in [1.165, 1.54) is 12.1 Å². The number of aliphatic hydroxyl groups is 1. The van der Waals surface area contributed by atoms with E-state index >= 15 is 0 Å². The molecule has 134 valence electrons. The average Bonchev–Trinajstić information content (AvgIpc) is 2.57. The van der Waals surface area contributed by atoms with Crippen LogP contribution in [0.3, 0.4) is 0 Å². The highest BCUT2D eigenvalue weighted by Gasteiger charge is 2.13. The fourth-order valence-corrected chi connectivity index (χ4v) is 2.26. The Hall–Kier alpha value is -2.38. The van der Waals surface area contributed by atoms with Gasteiger partial charge in [-0.2, -0.15) is 8.78 Å². The molecule has 0 bridgehead atoms. The summed E-state index contributed by atoms with van der Waals surface area (Å²) >= 11 is 5.77. The molecule has 5 nitrogen and oxygen atoms in total. The summed E-state index contributed by atoms with van der Waals surface area (Å²) in [6, 6.07) is 11.6. The van der Waals surface area contributed by atoms with Crippen LogP contribution in [0.2, 0.25) is 5.02 Å². The fraction of sp³-hybridized carbons (Fsp3) is 0.235. The lowest BCUT2D eigenvalue weighted by molar-refractivity contribution is -0.0498. The zero-order chi connectivity index (χ0) is 18.2. The van der Waals surface area contributed by atoms with Gasteiger partial charge in [-0.1, -0.05) is 23.7 Å². The van der Waals surface area contributed by atoms with Crippen LogP contribution in [0.5, 0.6) is 5.75 Å². The quantitative estimate of drug-likeness (QED) is 0.696.